The third-order valence-electron chi connectivity index (χ3n) is 5.12. The second-order valence-electron chi connectivity index (χ2n) is 6.70. The number of hydrogen-bond acceptors (Lipinski definition) is 2. The van der Waals surface area contributed by atoms with Crippen molar-refractivity contribution >= 4 is 5.91 Å². The molecule has 3 nitrogen and oxygen atoms in total. The minimum Gasteiger partial charge on any atom is -0.353 e. The summed E-state index contributed by atoms with van der Waals surface area (Å²) in [6.07, 6.45) is 11.7. The molecule has 0 bridgehead atoms. The number of hydrogen-bond donors (Lipinski definition) is 2. The summed E-state index contributed by atoms with van der Waals surface area (Å²) in [5.74, 6) is 1.28. The Morgan fingerprint density at radius 2 is 1.74 bits per heavy atom. The van der Waals surface area contributed by atoms with Gasteiger partial charge in [0.25, 0.3) is 0 Å². The molecule has 4 atom stereocenters. The summed E-state index contributed by atoms with van der Waals surface area (Å²) in [4.78, 5) is 12.2. The molecule has 19 heavy (non-hydrogen) atoms. The molecule has 0 radical (unpaired) electrons. The van der Waals surface area contributed by atoms with Gasteiger partial charge in [-0.1, -0.05) is 39.0 Å². The third kappa shape index (κ3) is 4.48. The molecule has 0 aromatic rings. The second-order valence-corrected chi connectivity index (χ2v) is 6.70. The monoisotopic (exact) mass is 266 g/mol. The van der Waals surface area contributed by atoms with Crippen LogP contribution in [0.3, 0.4) is 0 Å². The van der Waals surface area contributed by atoms with Crippen molar-refractivity contribution in [2.45, 2.75) is 83.2 Å². The van der Waals surface area contributed by atoms with Gasteiger partial charge < -0.3 is 11.1 Å². The van der Waals surface area contributed by atoms with Crippen molar-refractivity contribution in [3.63, 3.8) is 0 Å². The van der Waals surface area contributed by atoms with Crippen LogP contribution in [0.15, 0.2) is 0 Å². The Bertz CT molecular complexity index is 292. The van der Waals surface area contributed by atoms with E-state index in [2.05, 4.69) is 12.2 Å². The highest BCUT2D eigenvalue weighted by Crippen LogP contribution is 2.27. The van der Waals surface area contributed by atoms with Gasteiger partial charge in [0.05, 0.1) is 0 Å². The average Bonchev–Trinajstić information content (AvgIpc) is 2.58. The number of carbonyl (C=O) groups is 1. The van der Waals surface area contributed by atoms with Crippen molar-refractivity contribution in [3.8, 4) is 0 Å². The van der Waals surface area contributed by atoms with E-state index in [0.29, 0.717) is 24.3 Å². The van der Waals surface area contributed by atoms with Crippen molar-refractivity contribution in [1.29, 1.82) is 0 Å². The van der Waals surface area contributed by atoms with Gasteiger partial charge in [0, 0.05) is 18.5 Å². The topological polar surface area (TPSA) is 55.1 Å². The Morgan fingerprint density at radius 3 is 2.53 bits per heavy atom. The Morgan fingerprint density at radius 1 is 1.05 bits per heavy atom. The maximum absolute atomic E-state index is 12.2. The lowest BCUT2D eigenvalue weighted by Gasteiger charge is -2.29. The molecule has 2 saturated carbocycles. The summed E-state index contributed by atoms with van der Waals surface area (Å²) in [7, 11) is 0. The lowest BCUT2D eigenvalue weighted by atomic mass is 9.82. The van der Waals surface area contributed by atoms with E-state index in [1.54, 1.807) is 0 Å². The Labute approximate surface area is 117 Å². The van der Waals surface area contributed by atoms with Crippen LogP contribution in [0.1, 0.15) is 71.1 Å². The van der Waals surface area contributed by atoms with Crippen LogP contribution < -0.4 is 11.1 Å². The minimum absolute atomic E-state index is 0.237. The van der Waals surface area contributed by atoms with Crippen LogP contribution in [0.2, 0.25) is 0 Å². The molecule has 2 aliphatic rings. The van der Waals surface area contributed by atoms with Gasteiger partial charge in [-0.15, -0.1) is 0 Å². The maximum atomic E-state index is 12.2. The third-order valence-corrected chi connectivity index (χ3v) is 5.12. The van der Waals surface area contributed by atoms with Gasteiger partial charge in [0.15, 0.2) is 0 Å². The van der Waals surface area contributed by atoms with E-state index < -0.39 is 0 Å². The van der Waals surface area contributed by atoms with Gasteiger partial charge in [0.1, 0.15) is 0 Å². The molecule has 4 unspecified atom stereocenters. The van der Waals surface area contributed by atoms with Crippen LogP contribution in [0, 0.1) is 11.8 Å². The van der Waals surface area contributed by atoms with E-state index in [9.17, 15) is 4.79 Å². The van der Waals surface area contributed by atoms with Crippen LogP contribution in [0.5, 0.6) is 0 Å². The fraction of sp³-hybridized carbons (Fsp3) is 0.938. The zero-order valence-corrected chi connectivity index (χ0v) is 12.4. The fourth-order valence-electron chi connectivity index (χ4n) is 3.70. The maximum Gasteiger partial charge on any atom is 0.220 e. The minimum atomic E-state index is 0.237. The molecule has 0 aromatic heterocycles. The van der Waals surface area contributed by atoms with Crippen LogP contribution in [-0.4, -0.2) is 18.0 Å². The van der Waals surface area contributed by atoms with Gasteiger partial charge in [-0.25, -0.2) is 0 Å². The summed E-state index contributed by atoms with van der Waals surface area (Å²) < 4.78 is 0. The van der Waals surface area contributed by atoms with Crippen LogP contribution >= 0.6 is 0 Å². The molecular formula is C16H30N2O. The van der Waals surface area contributed by atoms with E-state index in [4.69, 9.17) is 5.73 Å². The zero-order chi connectivity index (χ0) is 13.7. The van der Waals surface area contributed by atoms with E-state index in [1.165, 1.54) is 38.5 Å². The van der Waals surface area contributed by atoms with E-state index >= 15 is 0 Å². The average molecular weight is 266 g/mol. The zero-order valence-electron chi connectivity index (χ0n) is 12.4. The van der Waals surface area contributed by atoms with Crippen LogP contribution in [0.25, 0.3) is 0 Å². The fourth-order valence-corrected chi connectivity index (χ4v) is 3.70. The van der Waals surface area contributed by atoms with Crippen molar-refractivity contribution in [2.75, 3.05) is 0 Å². The summed E-state index contributed by atoms with van der Waals surface area (Å²) >= 11 is 0. The Hall–Kier alpha value is -0.570. The molecule has 2 aliphatic carbocycles. The highest BCUT2D eigenvalue weighted by molar-refractivity contribution is 5.76. The van der Waals surface area contributed by atoms with Crippen molar-refractivity contribution in [2.24, 2.45) is 17.6 Å². The highest BCUT2D eigenvalue weighted by atomic mass is 16.1. The van der Waals surface area contributed by atoms with Crippen LogP contribution in [0.4, 0.5) is 0 Å². The van der Waals surface area contributed by atoms with Crippen molar-refractivity contribution < 1.29 is 4.79 Å². The summed E-state index contributed by atoms with van der Waals surface area (Å²) in [6, 6.07) is 0.640. The quantitative estimate of drug-likeness (QED) is 0.772. The molecular weight excluding hydrogens is 236 g/mol. The van der Waals surface area contributed by atoms with Gasteiger partial charge >= 0.3 is 0 Å². The first kappa shape index (κ1) is 14.8. The SMILES string of the molecule is CC1CCCCCC1NC(=O)CC1CCCCC1N. The number of rotatable bonds is 3. The lowest BCUT2D eigenvalue weighted by Crippen LogP contribution is -2.42. The molecule has 3 N–H and O–H groups in total. The molecule has 110 valence electrons. The van der Waals surface area contributed by atoms with Gasteiger partial charge in [-0.05, 0) is 37.5 Å². The Balaban J connectivity index is 1.79. The number of amides is 1. The first-order valence-corrected chi connectivity index (χ1v) is 8.21. The highest BCUT2D eigenvalue weighted by Gasteiger charge is 2.26. The van der Waals surface area contributed by atoms with Gasteiger partial charge in [-0.2, -0.15) is 0 Å². The van der Waals surface area contributed by atoms with E-state index in [0.717, 1.165) is 19.3 Å². The molecule has 0 spiro atoms. The molecule has 0 heterocycles. The van der Waals surface area contributed by atoms with E-state index in [-0.39, 0.29) is 11.9 Å². The predicted molar refractivity (Wildman–Crippen MR) is 78.7 cm³/mol. The Kier molecular flexibility index (Phi) is 5.68. The molecule has 0 aromatic carbocycles. The first-order chi connectivity index (χ1) is 9.16. The molecule has 1 amide bonds. The molecule has 3 heteroatoms. The second kappa shape index (κ2) is 7.28. The van der Waals surface area contributed by atoms with Crippen molar-refractivity contribution in [1.82, 2.24) is 5.32 Å². The smallest absolute Gasteiger partial charge is 0.220 e. The molecule has 2 fully saturated rings. The normalized spacial score (nSPS) is 36.5. The molecule has 2 rings (SSSR count). The van der Waals surface area contributed by atoms with Gasteiger partial charge in [-0.3, -0.25) is 4.79 Å². The van der Waals surface area contributed by atoms with E-state index in [1.807, 2.05) is 0 Å². The molecule has 0 aliphatic heterocycles. The summed E-state index contributed by atoms with van der Waals surface area (Å²) in [6.45, 7) is 2.28. The number of nitrogens with two attached hydrogens (primary N) is 1. The number of nitrogens with one attached hydrogen (secondary N) is 1. The molecule has 0 saturated heterocycles. The first-order valence-electron chi connectivity index (χ1n) is 8.21. The summed E-state index contributed by atoms with van der Waals surface area (Å²) in [5.41, 5.74) is 6.13. The largest absolute Gasteiger partial charge is 0.353 e. The summed E-state index contributed by atoms with van der Waals surface area (Å²) in [5, 5.41) is 3.28. The van der Waals surface area contributed by atoms with Crippen molar-refractivity contribution in [3.05, 3.63) is 0 Å². The van der Waals surface area contributed by atoms with Gasteiger partial charge in [0.2, 0.25) is 5.91 Å². The predicted octanol–water partition coefficient (Wildman–Crippen LogP) is 2.98. The standard InChI is InChI=1S/C16H30N2O/c1-12-7-3-2-4-10-15(12)18-16(19)11-13-8-5-6-9-14(13)17/h12-15H,2-11,17H2,1H3,(H,18,19). The number of carbonyl (C=O) groups excluding carboxylic acids is 1. The lowest BCUT2D eigenvalue weighted by molar-refractivity contribution is -0.123. The van der Waals surface area contributed by atoms with Crippen LogP contribution in [-0.2, 0) is 4.79 Å².